The molecule has 27 heavy (non-hydrogen) atoms. The Morgan fingerprint density at radius 2 is 1.96 bits per heavy atom. The normalized spacial score (nSPS) is 24.9. The van der Waals surface area contributed by atoms with E-state index >= 15 is 0 Å². The highest BCUT2D eigenvalue weighted by Gasteiger charge is 2.31. The van der Waals surface area contributed by atoms with Gasteiger partial charge >= 0.3 is 0 Å². The second kappa shape index (κ2) is 8.72. The smallest absolute Gasteiger partial charge is 0.229 e. The summed E-state index contributed by atoms with van der Waals surface area (Å²) in [6.45, 7) is 5.76. The zero-order chi connectivity index (χ0) is 18.6. The van der Waals surface area contributed by atoms with Crippen molar-refractivity contribution in [3.8, 4) is 0 Å². The molecule has 1 aromatic heterocycles. The van der Waals surface area contributed by atoms with Crippen molar-refractivity contribution in [1.82, 2.24) is 19.9 Å². The van der Waals surface area contributed by atoms with Gasteiger partial charge in [-0.1, -0.05) is 30.8 Å². The minimum atomic E-state index is 0.169. The minimum Gasteiger partial charge on any atom is -0.339 e. The average molecular weight is 375 g/mol. The van der Waals surface area contributed by atoms with E-state index in [1.807, 2.05) is 4.90 Å². The van der Waals surface area contributed by atoms with Gasteiger partial charge in [-0.05, 0) is 38.0 Å². The van der Waals surface area contributed by atoms with E-state index in [9.17, 15) is 4.79 Å². The third kappa shape index (κ3) is 4.71. The van der Waals surface area contributed by atoms with Crippen LogP contribution in [0, 0.1) is 5.92 Å². The molecule has 0 aromatic carbocycles. The monoisotopic (exact) mass is 374 g/mol. The van der Waals surface area contributed by atoms with Crippen LogP contribution in [0.5, 0.6) is 0 Å². The van der Waals surface area contributed by atoms with Gasteiger partial charge in [-0.25, -0.2) is 0 Å². The van der Waals surface area contributed by atoms with Gasteiger partial charge in [0.25, 0.3) is 0 Å². The van der Waals surface area contributed by atoms with Gasteiger partial charge in [0.15, 0.2) is 5.82 Å². The average Bonchev–Trinajstić information content (AvgIpc) is 3.25. The highest BCUT2D eigenvalue weighted by molar-refractivity contribution is 5.73. The quantitative estimate of drug-likeness (QED) is 0.732. The highest BCUT2D eigenvalue weighted by Crippen LogP contribution is 2.35. The molecule has 150 valence electrons. The van der Waals surface area contributed by atoms with Gasteiger partial charge in [0.05, 0.1) is 0 Å². The van der Waals surface area contributed by atoms with Crippen LogP contribution in [0.15, 0.2) is 4.52 Å². The molecule has 1 aliphatic heterocycles. The summed E-state index contributed by atoms with van der Waals surface area (Å²) < 4.78 is 5.42. The van der Waals surface area contributed by atoms with E-state index in [0.717, 1.165) is 37.1 Å². The van der Waals surface area contributed by atoms with Gasteiger partial charge in [-0.15, -0.1) is 0 Å². The molecular formula is C21H34N4O2. The van der Waals surface area contributed by atoms with Crippen molar-refractivity contribution in [2.45, 2.75) is 83.1 Å². The van der Waals surface area contributed by atoms with E-state index in [-0.39, 0.29) is 5.91 Å². The van der Waals surface area contributed by atoms with E-state index in [2.05, 4.69) is 15.0 Å². The number of nitrogens with zero attached hydrogens (tertiary/aromatic N) is 4. The maximum Gasteiger partial charge on any atom is 0.229 e. The Morgan fingerprint density at radius 3 is 2.67 bits per heavy atom. The number of rotatable bonds is 7. The second-order valence-corrected chi connectivity index (χ2v) is 8.85. The van der Waals surface area contributed by atoms with E-state index < -0.39 is 0 Å². The maximum absolute atomic E-state index is 12.3. The number of carbonyl (C=O) groups is 1. The molecule has 0 bridgehead atoms. The van der Waals surface area contributed by atoms with E-state index in [1.165, 1.54) is 57.9 Å². The summed E-state index contributed by atoms with van der Waals surface area (Å²) in [5, 5.41) is 4.13. The number of hydrogen-bond donors (Lipinski definition) is 0. The molecule has 1 atom stereocenters. The molecule has 1 amide bonds. The first-order valence-electron chi connectivity index (χ1n) is 11.0. The summed E-state index contributed by atoms with van der Waals surface area (Å²) in [4.78, 5) is 21.4. The molecular weight excluding hydrogens is 340 g/mol. The van der Waals surface area contributed by atoms with Crippen molar-refractivity contribution in [2.75, 3.05) is 26.2 Å². The van der Waals surface area contributed by atoms with Gasteiger partial charge < -0.3 is 14.3 Å². The summed E-state index contributed by atoms with van der Waals surface area (Å²) in [6, 6.07) is 0.337. The number of aromatic nitrogens is 2. The highest BCUT2D eigenvalue weighted by atomic mass is 16.5. The van der Waals surface area contributed by atoms with E-state index in [0.29, 0.717) is 24.9 Å². The molecule has 0 spiro atoms. The first-order chi connectivity index (χ1) is 13.2. The second-order valence-electron chi connectivity index (χ2n) is 8.85. The predicted octanol–water partition coefficient (Wildman–Crippen LogP) is 3.38. The number of likely N-dealkylation sites (tertiary alicyclic amines) is 1. The fraction of sp³-hybridized carbons (Fsp3) is 0.857. The van der Waals surface area contributed by atoms with Gasteiger partial charge in [-0.3, -0.25) is 4.79 Å². The van der Waals surface area contributed by atoms with Crippen LogP contribution in [-0.4, -0.2) is 58.1 Å². The molecule has 1 aromatic rings. The molecule has 6 nitrogen and oxygen atoms in total. The number of carbonyl (C=O) groups excluding carboxylic acids is 1. The van der Waals surface area contributed by atoms with Gasteiger partial charge in [0.2, 0.25) is 11.8 Å². The summed E-state index contributed by atoms with van der Waals surface area (Å²) in [7, 11) is 0. The van der Waals surface area contributed by atoms with Crippen LogP contribution in [-0.2, 0) is 11.2 Å². The van der Waals surface area contributed by atoms with Crippen LogP contribution < -0.4 is 0 Å². The molecule has 3 aliphatic rings. The van der Waals surface area contributed by atoms with Crippen LogP contribution in [0.4, 0.5) is 0 Å². The molecule has 4 rings (SSSR count). The Kier molecular flexibility index (Phi) is 6.11. The molecule has 1 unspecified atom stereocenters. The Hall–Kier alpha value is -1.43. The van der Waals surface area contributed by atoms with Crippen molar-refractivity contribution in [3.05, 3.63) is 11.7 Å². The molecule has 0 N–H and O–H groups in total. The van der Waals surface area contributed by atoms with Crippen LogP contribution >= 0.6 is 0 Å². The van der Waals surface area contributed by atoms with Crippen LogP contribution in [0.2, 0.25) is 0 Å². The summed E-state index contributed by atoms with van der Waals surface area (Å²) in [6.07, 6.45) is 12.4. The van der Waals surface area contributed by atoms with Crippen LogP contribution in [0.3, 0.4) is 0 Å². The molecule has 1 saturated heterocycles. The van der Waals surface area contributed by atoms with Gasteiger partial charge in [-0.2, -0.15) is 4.98 Å². The van der Waals surface area contributed by atoms with Crippen molar-refractivity contribution in [3.63, 3.8) is 0 Å². The molecule has 6 heteroatoms. The summed E-state index contributed by atoms with van der Waals surface area (Å²) in [5.41, 5.74) is 0. The van der Waals surface area contributed by atoms with E-state index in [1.54, 1.807) is 6.92 Å². The Morgan fingerprint density at radius 1 is 1.15 bits per heavy atom. The van der Waals surface area contributed by atoms with Crippen molar-refractivity contribution in [2.24, 2.45) is 5.92 Å². The van der Waals surface area contributed by atoms with Gasteiger partial charge in [0.1, 0.15) is 0 Å². The first-order valence-corrected chi connectivity index (χ1v) is 11.0. The molecule has 2 saturated carbocycles. The minimum absolute atomic E-state index is 0.169. The Labute approximate surface area is 162 Å². The van der Waals surface area contributed by atoms with Crippen molar-refractivity contribution < 1.29 is 9.32 Å². The summed E-state index contributed by atoms with van der Waals surface area (Å²) >= 11 is 0. The fourth-order valence-electron chi connectivity index (χ4n) is 4.97. The fourth-order valence-corrected chi connectivity index (χ4v) is 4.97. The SMILES string of the molecule is CC(=O)N(CCc1noc(C2CCC2)n1)C1CCN(CC2CCCCC2)C1. The maximum atomic E-state index is 12.3. The third-order valence-electron chi connectivity index (χ3n) is 6.85. The Balaban J connectivity index is 1.27. The zero-order valence-corrected chi connectivity index (χ0v) is 16.7. The lowest BCUT2D eigenvalue weighted by atomic mass is 9.85. The molecule has 3 fully saturated rings. The Bertz CT molecular complexity index is 621. The van der Waals surface area contributed by atoms with Crippen LogP contribution in [0.25, 0.3) is 0 Å². The van der Waals surface area contributed by atoms with E-state index in [4.69, 9.17) is 4.52 Å². The van der Waals surface area contributed by atoms with Crippen molar-refractivity contribution in [1.29, 1.82) is 0 Å². The third-order valence-corrected chi connectivity index (χ3v) is 6.85. The zero-order valence-electron chi connectivity index (χ0n) is 16.7. The predicted molar refractivity (Wildman–Crippen MR) is 103 cm³/mol. The number of amides is 1. The molecule has 0 radical (unpaired) electrons. The van der Waals surface area contributed by atoms with Crippen LogP contribution in [0.1, 0.15) is 82.3 Å². The lowest BCUT2D eigenvalue weighted by Gasteiger charge is -2.29. The lowest BCUT2D eigenvalue weighted by Crippen LogP contribution is -2.42. The molecule has 2 aliphatic carbocycles. The lowest BCUT2D eigenvalue weighted by molar-refractivity contribution is -0.130. The van der Waals surface area contributed by atoms with Gasteiger partial charge in [0, 0.05) is 51.5 Å². The standard InChI is InChI=1S/C21H34N4O2/c1-16(26)25(13-11-20-22-21(27-23-20)18-8-5-9-18)19-10-12-24(15-19)14-17-6-3-2-4-7-17/h17-19H,2-15H2,1H3. The number of hydrogen-bond acceptors (Lipinski definition) is 5. The van der Waals surface area contributed by atoms with Crippen molar-refractivity contribution >= 4 is 5.91 Å². The first kappa shape index (κ1) is 18.9. The summed E-state index contributed by atoms with van der Waals surface area (Å²) in [5.74, 6) is 3.05. The molecule has 2 heterocycles. The largest absolute Gasteiger partial charge is 0.339 e. The topological polar surface area (TPSA) is 62.5 Å².